The van der Waals surface area contributed by atoms with E-state index in [1.165, 1.54) is 0 Å². The lowest BCUT2D eigenvalue weighted by Gasteiger charge is -2.16. The molecule has 26 heavy (non-hydrogen) atoms. The Hall–Kier alpha value is -1.22. The number of hydrogen-bond donors (Lipinski definition) is 4. The van der Waals surface area contributed by atoms with E-state index in [-0.39, 0.29) is 13.2 Å². The van der Waals surface area contributed by atoms with Gasteiger partial charge in [-0.2, -0.15) is 0 Å². The van der Waals surface area contributed by atoms with Gasteiger partial charge in [-0.25, -0.2) is 9.59 Å². The summed E-state index contributed by atoms with van der Waals surface area (Å²) in [7, 11) is 0. The summed E-state index contributed by atoms with van der Waals surface area (Å²) in [6.07, 6.45) is 1.70. The summed E-state index contributed by atoms with van der Waals surface area (Å²) < 4.78 is 9.71. The van der Waals surface area contributed by atoms with Crippen LogP contribution >= 0.6 is 0 Å². The minimum atomic E-state index is -1.93. The van der Waals surface area contributed by atoms with E-state index in [1.54, 1.807) is 0 Å². The molecule has 0 radical (unpaired) electrons. The summed E-state index contributed by atoms with van der Waals surface area (Å²) in [5, 5.41) is 25.7. The van der Waals surface area contributed by atoms with Crippen LogP contribution in [0.15, 0.2) is 0 Å². The molecule has 2 atom stereocenters. The lowest BCUT2D eigenvalue weighted by molar-refractivity contribution is -0.173. The lowest BCUT2D eigenvalue weighted by atomic mass is 10.2. The van der Waals surface area contributed by atoms with Gasteiger partial charge in [0.2, 0.25) is 0 Å². The van der Waals surface area contributed by atoms with E-state index in [2.05, 4.69) is 24.5 Å². The smallest absolute Gasteiger partial charge is 0.338 e. The van der Waals surface area contributed by atoms with Crippen molar-refractivity contribution in [2.75, 3.05) is 39.4 Å². The fourth-order valence-electron chi connectivity index (χ4n) is 2.02. The van der Waals surface area contributed by atoms with E-state index in [0.717, 1.165) is 38.8 Å². The number of ether oxygens (including phenoxy) is 2. The molecule has 8 nitrogen and oxygen atoms in total. The molecule has 154 valence electrons. The van der Waals surface area contributed by atoms with Crippen molar-refractivity contribution in [1.29, 1.82) is 0 Å². The van der Waals surface area contributed by atoms with Gasteiger partial charge in [0.15, 0.2) is 12.2 Å². The fourth-order valence-corrected chi connectivity index (χ4v) is 2.02. The predicted octanol–water partition coefficient (Wildman–Crippen LogP) is 0.354. The SMILES string of the molecule is CCCCNCCCOC(=O)C(O)C(O)C(=O)OCCCNCCCC. The molecule has 0 fully saturated rings. The van der Waals surface area contributed by atoms with Gasteiger partial charge in [-0.1, -0.05) is 26.7 Å². The summed E-state index contributed by atoms with van der Waals surface area (Å²) in [5.74, 6) is -2.05. The second-order valence-corrected chi connectivity index (χ2v) is 6.14. The molecule has 0 aromatic carbocycles. The Kier molecular flexibility index (Phi) is 16.4. The number of unbranched alkanes of at least 4 members (excludes halogenated alkanes) is 2. The highest BCUT2D eigenvalue weighted by atomic mass is 16.6. The third kappa shape index (κ3) is 13.0. The molecule has 8 heteroatoms. The molecule has 0 saturated carbocycles. The molecule has 0 aliphatic heterocycles. The Bertz CT molecular complexity index is 334. The molecule has 0 amide bonds. The zero-order chi connectivity index (χ0) is 19.6. The highest BCUT2D eigenvalue weighted by Crippen LogP contribution is 2.01. The van der Waals surface area contributed by atoms with Crippen LogP contribution < -0.4 is 10.6 Å². The molecule has 0 aromatic heterocycles. The summed E-state index contributed by atoms with van der Waals surface area (Å²) in [5.41, 5.74) is 0. The molecule has 0 spiro atoms. The number of nitrogens with one attached hydrogen (secondary N) is 2. The van der Waals surface area contributed by atoms with Crippen molar-refractivity contribution in [1.82, 2.24) is 10.6 Å². The summed E-state index contributed by atoms with van der Waals surface area (Å²) in [4.78, 5) is 23.3. The van der Waals surface area contributed by atoms with Gasteiger partial charge in [-0.05, 0) is 51.9 Å². The standard InChI is InChI=1S/C18H36N2O6/c1-3-5-9-19-11-7-13-25-17(23)15(21)16(22)18(24)26-14-8-12-20-10-6-4-2/h15-16,19-22H,3-14H2,1-2H3. The Morgan fingerprint density at radius 1 is 0.731 bits per heavy atom. The molecule has 0 rings (SSSR count). The maximum absolute atomic E-state index is 11.6. The van der Waals surface area contributed by atoms with Crippen molar-refractivity contribution in [3.63, 3.8) is 0 Å². The number of aliphatic hydroxyl groups is 2. The van der Waals surface area contributed by atoms with Gasteiger partial charge in [0, 0.05) is 0 Å². The molecular formula is C18H36N2O6. The van der Waals surface area contributed by atoms with Gasteiger partial charge in [-0.15, -0.1) is 0 Å². The van der Waals surface area contributed by atoms with E-state index in [1.807, 2.05) is 0 Å². The van der Waals surface area contributed by atoms with Gasteiger partial charge >= 0.3 is 11.9 Å². The Morgan fingerprint density at radius 3 is 1.42 bits per heavy atom. The fraction of sp³-hybridized carbons (Fsp3) is 0.889. The highest BCUT2D eigenvalue weighted by molar-refractivity contribution is 5.85. The molecule has 0 bridgehead atoms. The molecule has 0 aliphatic carbocycles. The van der Waals surface area contributed by atoms with Gasteiger partial charge in [0.05, 0.1) is 13.2 Å². The van der Waals surface area contributed by atoms with E-state index >= 15 is 0 Å². The molecule has 0 heterocycles. The van der Waals surface area contributed by atoms with Crippen LogP contribution in [0, 0.1) is 0 Å². The van der Waals surface area contributed by atoms with Crippen LogP contribution in [0.3, 0.4) is 0 Å². The predicted molar refractivity (Wildman–Crippen MR) is 98.7 cm³/mol. The second kappa shape index (κ2) is 17.2. The summed E-state index contributed by atoms with van der Waals surface area (Å²) >= 11 is 0. The van der Waals surface area contributed by atoms with Crippen molar-refractivity contribution in [3.05, 3.63) is 0 Å². The molecular weight excluding hydrogens is 340 g/mol. The number of esters is 2. The topological polar surface area (TPSA) is 117 Å². The van der Waals surface area contributed by atoms with Crippen LogP contribution in [0.4, 0.5) is 0 Å². The van der Waals surface area contributed by atoms with Gasteiger partial charge < -0.3 is 30.3 Å². The van der Waals surface area contributed by atoms with E-state index in [4.69, 9.17) is 9.47 Å². The number of hydrogen-bond acceptors (Lipinski definition) is 8. The van der Waals surface area contributed by atoms with Gasteiger partial charge in [0.25, 0.3) is 0 Å². The number of carbonyl (C=O) groups excluding carboxylic acids is 2. The first-order valence-corrected chi connectivity index (χ1v) is 9.65. The van der Waals surface area contributed by atoms with E-state index in [0.29, 0.717) is 25.9 Å². The van der Waals surface area contributed by atoms with E-state index < -0.39 is 24.1 Å². The zero-order valence-corrected chi connectivity index (χ0v) is 16.2. The van der Waals surface area contributed by atoms with Crippen LogP contribution in [-0.4, -0.2) is 73.8 Å². The minimum absolute atomic E-state index is 0.111. The Labute approximate surface area is 156 Å². The number of carbonyl (C=O) groups is 2. The Morgan fingerprint density at radius 2 is 1.08 bits per heavy atom. The first-order chi connectivity index (χ1) is 12.5. The molecule has 4 N–H and O–H groups in total. The zero-order valence-electron chi connectivity index (χ0n) is 16.2. The van der Waals surface area contributed by atoms with Crippen molar-refractivity contribution >= 4 is 11.9 Å². The van der Waals surface area contributed by atoms with Gasteiger partial charge in [-0.3, -0.25) is 0 Å². The van der Waals surface area contributed by atoms with Crippen molar-refractivity contribution < 1.29 is 29.3 Å². The molecule has 0 saturated heterocycles. The van der Waals surface area contributed by atoms with Crippen LogP contribution in [0.5, 0.6) is 0 Å². The first kappa shape index (κ1) is 24.8. The summed E-state index contributed by atoms with van der Waals surface area (Å²) in [6.45, 7) is 7.63. The van der Waals surface area contributed by atoms with Crippen LogP contribution in [0.25, 0.3) is 0 Å². The minimum Gasteiger partial charge on any atom is -0.464 e. The Balaban J connectivity index is 3.78. The second-order valence-electron chi connectivity index (χ2n) is 6.14. The van der Waals surface area contributed by atoms with Crippen LogP contribution in [-0.2, 0) is 19.1 Å². The van der Waals surface area contributed by atoms with Crippen LogP contribution in [0.2, 0.25) is 0 Å². The third-order valence-corrected chi connectivity index (χ3v) is 3.68. The van der Waals surface area contributed by atoms with Crippen molar-refractivity contribution in [3.8, 4) is 0 Å². The van der Waals surface area contributed by atoms with Gasteiger partial charge in [0.1, 0.15) is 0 Å². The normalized spacial score (nSPS) is 13.2. The maximum atomic E-state index is 11.6. The first-order valence-electron chi connectivity index (χ1n) is 9.65. The average Bonchev–Trinajstić information content (AvgIpc) is 2.64. The summed E-state index contributed by atoms with van der Waals surface area (Å²) in [6, 6.07) is 0. The number of rotatable bonds is 17. The average molecular weight is 376 g/mol. The largest absolute Gasteiger partial charge is 0.464 e. The molecule has 0 aliphatic rings. The van der Waals surface area contributed by atoms with E-state index in [9.17, 15) is 19.8 Å². The molecule has 2 unspecified atom stereocenters. The monoisotopic (exact) mass is 376 g/mol. The number of aliphatic hydroxyl groups excluding tert-OH is 2. The maximum Gasteiger partial charge on any atom is 0.338 e. The lowest BCUT2D eigenvalue weighted by Crippen LogP contribution is -2.42. The van der Waals surface area contributed by atoms with Crippen LogP contribution in [0.1, 0.15) is 52.4 Å². The van der Waals surface area contributed by atoms with Crippen molar-refractivity contribution in [2.24, 2.45) is 0 Å². The third-order valence-electron chi connectivity index (χ3n) is 3.68. The highest BCUT2D eigenvalue weighted by Gasteiger charge is 2.32. The van der Waals surface area contributed by atoms with Crippen molar-refractivity contribution in [2.45, 2.75) is 64.6 Å². The quantitative estimate of drug-likeness (QED) is 0.212. The molecule has 0 aromatic rings.